The zero-order valence-electron chi connectivity index (χ0n) is 43.1. The van der Waals surface area contributed by atoms with E-state index in [1.54, 1.807) is 0 Å². The lowest BCUT2D eigenvalue weighted by Gasteiger charge is -1.95. The Labute approximate surface area is 422 Å². The topological polar surface area (TPSA) is 166 Å². The van der Waals surface area contributed by atoms with Gasteiger partial charge in [0.1, 0.15) is 0 Å². The van der Waals surface area contributed by atoms with Gasteiger partial charge in [0.25, 0.3) is 0 Å². The highest BCUT2D eigenvalue weighted by Crippen LogP contribution is 2.25. The number of hydrogen-bond acceptors (Lipinski definition) is 15. The van der Waals surface area contributed by atoms with E-state index >= 15 is 0 Å². The predicted octanol–water partition coefficient (Wildman–Crippen LogP) is 10.2. The molecule has 0 aromatic carbocycles. The van der Waals surface area contributed by atoms with Crippen LogP contribution in [0.25, 0.3) is 0 Å². The summed E-state index contributed by atoms with van der Waals surface area (Å²) in [5.41, 5.74) is 0. The minimum absolute atomic E-state index is 0.0417. The summed E-state index contributed by atoms with van der Waals surface area (Å²) in [5.74, 6) is 12.0. The highest BCUT2D eigenvalue weighted by atomic mass is 32.2. The Morgan fingerprint density at radius 1 is 0.612 bits per heavy atom. The zero-order valence-corrected chi connectivity index (χ0v) is 47.2. The van der Waals surface area contributed by atoms with Crippen LogP contribution in [0.3, 0.4) is 0 Å². The van der Waals surface area contributed by atoms with Crippen LogP contribution < -0.4 is 0 Å². The Kier molecular flexibility index (Phi) is 36.3. The molecule has 0 N–H and O–H groups in total. The van der Waals surface area contributed by atoms with Crippen LogP contribution in [-0.4, -0.2) is 132 Å². The van der Waals surface area contributed by atoms with Crippen LogP contribution in [0.1, 0.15) is 153 Å². The molecule has 10 fully saturated rings. The van der Waals surface area contributed by atoms with E-state index in [4.69, 9.17) is 14.2 Å². The molecule has 0 spiro atoms. The summed E-state index contributed by atoms with van der Waals surface area (Å²) in [7, 11) is -3.05. The zero-order chi connectivity index (χ0) is 50.2. The number of rotatable bonds is 0. The van der Waals surface area contributed by atoms with Crippen LogP contribution in [-0.2, 0) is 63.5 Å². The first-order chi connectivity index (χ1) is 31.6. The standard InChI is InChI=1S/C5H10O2S.3C5H8O2.C5H8OS.C5H10OS.2C5H10O.2C5H10S/c1-5-2-3-8(6,7)4-5;1-4-2-5(6)7-3-4;1-4-2-3-7-5(4)6;1-4-2-3-5(6)7-4;1-4-2-5(6)7-3-4;1-5-2-3-7(6)4-5;1-5-2-3-6-4-5;1-5-3-2-4-6-5;1-5-2-3-6-4-5;1-5-3-2-4-6-5/h5H,2-4H2,1H3;4*4H,2-3H2,1H3;5H,2-4H2,1H3;4*5H,2-4H2,1H3. The third-order valence-electron chi connectivity index (χ3n) is 11.8. The van der Waals surface area contributed by atoms with Crippen LogP contribution in [0.15, 0.2) is 0 Å². The molecule has 10 rings (SSSR count). The SMILES string of the molecule is CC1CCC(=O)O1.CC1CCCO1.CC1CCCS1.CC1CCOC1.CC1CCOC1=O.CC1CCS(=O)(=O)C1.CC1CCS(=O)C1.CC1CCSC1.CC1COC(=O)C1.CC1CSC(=O)C1. The van der Waals surface area contributed by atoms with Crippen molar-refractivity contribution in [2.24, 2.45) is 41.4 Å². The Hall–Kier alpha value is -0.850. The summed E-state index contributed by atoms with van der Waals surface area (Å²) in [4.78, 5) is 41.2. The van der Waals surface area contributed by atoms with Crippen molar-refractivity contribution in [1.82, 2.24) is 0 Å². The minimum atomic E-state index is -2.60. The molecule has 10 heterocycles. The maximum Gasteiger partial charge on any atom is 0.308 e. The maximum absolute atomic E-state index is 10.6. The van der Waals surface area contributed by atoms with Crippen molar-refractivity contribution >= 4 is 78.9 Å². The van der Waals surface area contributed by atoms with Crippen LogP contribution in [0.5, 0.6) is 0 Å². The quantitative estimate of drug-likeness (QED) is 0.166. The van der Waals surface area contributed by atoms with Gasteiger partial charge in [-0.3, -0.25) is 23.4 Å². The number of carbonyl (C=O) groups is 4. The van der Waals surface area contributed by atoms with E-state index in [0.717, 1.165) is 85.8 Å². The largest absolute Gasteiger partial charge is 0.465 e. The number of thioether (sulfide) groups is 3. The van der Waals surface area contributed by atoms with Crippen LogP contribution in [0.4, 0.5) is 0 Å². The molecule has 0 aliphatic carbocycles. The number of esters is 3. The van der Waals surface area contributed by atoms with Crippen LogP contribution in [0, 0.1) is 41.4 Å². The Morgan fingerprint density at radius 3 is 1.51 bits per heavy atom. The van der Waals surface area contributed by atoms with Gasteiger partial charge in [-0.25, -0.2) is 8.42 Å². The Morgan fingerprint density at radius 2 is 1.36 bits per heavy atom. The van der Waals surface area contributed by atoms with Gasteiger partial charge in [-0.1, -0.05) is 67.2 Å². The summed E-state index contributed by atoms with van der Waals surface area (Å²) in [5, 5.41) is 1.33. The molecule has 10 saturated heterocycles. The minimum Gasteiger partial charge on any atom is -0.465 e. The van der Waals surface area contributed by atoms with Gasteiger partial charge in [-0.05, 0) is 125 Å². The summed E-state index contributed by atoms with van der Waals surface area (Å²) >= 11 is 5.65. The van der Waals surface area contributed by atoms with Gasteiger partial charge in [0, 0.05) is 71.9 Å². The summed E-state index contributed by atoms with van der Waals surface area (Å²) < 4.78 is 56.0. The molecule has 0 saturated carbocycles. The van der Waals surface area contributed by atoms with Gasteiger partial charge in [-0.2, -0.15) is 23.5 Å². The first-order valence-corrected chi connectivity index (χ1v) is 31.7. The molecule has 10 aliphatic heterocycles. The third-order valence-corrected chi connectivity index (χ3v) is 19.2. The monoisotopic (exact) mass is 1040 g/mol. The molecule has 67 heavy (non-hydrogen) atoms. The van der Waals surface area contributed by atoms with Gasteiger partial charge >= 0.3 is 17.9 Å². The van der Waals surface area contributed by atoms with Gasteiger partial charge in [-0.15, -0.1) is 0 Å². The molecule has 10 aliphatic rings. The fourth-order valence-electron chi connectivity index (χ4n) is 7.11. The van der Waals surface area contributed by atoms with Crippen LogP contribution in [0.2, 0.25) is 0 Å². The maximum atomic E-state index is 10.6. The lowest BCUT2D eigenvalue weighted by Crippen LogP contribution is -2.01. The number of hydrogen-bond donors (Lipinski definition) is 0. The fraction of sp³-hybridized carbons (Fsp3) is 0.920. The van der Waals surface area contributed by atoms with Crippen molar-refractivity contribution in [2.75, 3.05) is 79.1 Å². The van der Waals surface area contributed by atoms with E-state index in [2.05, 4.69) is 74.5 Å². The number of sulfone groups is 1. The van der Waals surface area contributed by atoms with Gasteiger partial charge in [0.2, 0.25) is 0 Å². The van der Waals surface area contributed by atoms with Gasteiger partial charge in [0.15, 0.2) is 15.0 Å². The molecule has 0 aromatic heterocycles. The van der Waals surface area contributed by atoms with Crippen molar-refractivity contribution in [3.05, 3.63) is 0 Å². The second-order valence-corrected chi connectivity index (χ2v) is 27.6. The Bertz CT molecular complexity index is 1320. The van der Waals surface area contributed by atoms with E-state index in [0.29, 0.717) is 66.5 Å². The van der Waals surface area contributed by atoms with Gasteiger partial charge in [0.05, 0.1) is 49.3 Å². The van der Waals surface area contributed by atoms with E-state index in [-0.39, 0.29) is 29.9 Å². The smallest absolute Gasteiger partial charge is 0.308 e. The van der Waals surface area contributed by atoms with Crippen molar-refractivity contribution in [2.45, 2.75) is 170 Å². The fourth-order valence-corrected chi connectivity index (χ4v) is 14.1. The molecule has 11 unspecified atom stereocenters. The first kappa shape index (κ1) is 64.2. The highest BCUT2D eigenvalue weighted by Gasteiger charge is 2.24. The van der Waals surface area contributed by atoms with E-state index in [1.165, 1.54) is 74.0 Å². The summed E-state index contributed by atoms with van der Waals surface area (Å²) in [6.45, 7) is 25.2. The normalized spacial score (nSPS) is 33.8. The van der Waals surface area contributed by atoms with E-state index < -0.39 is 20.6 Å². The molecule has 17 heteroatoms. The molecule has 11 atom stereocenters. The molecule has 0 amide bonds. The molecule has 0 aromatic rings. The second-order valence-electron chi connectivity index (χ2n) is 20.0. The number of cyclic esters (lactones) is 3. The molecular formula is C50H92O12S5. The average molecular weight is 1050 g/mol. The third kappa shape index (κ3) is 36.7. The number of carbonyl (C=O) groups excluding carboxylic acids is 4. The van der Waals surface area contributed by atoms with E-state index in [9.17, 15) is 31.8 Å². The number of ether oxygens (including phenoxy) is 5. The lowest BCUT2D eigenvalue weighted by molar-refractivity contribution is -0.141. The van der Waals surface area contributed by atoms with Crippen molar-refractivity contribution in [3.63, 3.8) is 0 Å². The summed E-state index contributed by atoms with van der Waals surface area (Å²) in [6.07, 6.45) is 14.7. The molecule has 12 nitrogen and oxygen atoms in total. The lowest BCUT2D eigenvalue weighted by atomic mass is 10.2. The molecule has 0 radical (unpaired) electrons. The molecule has 0 bridgehead atoms. The molecular weight excluding hydrogens is 953 g/mol. The van der Waals surface area contributed by atoms with Crippen molar-refractivity contribution in [3.8, 4) is 0 Å². The first-order valence-electron chi connectivity index (χ1n) is 25.2. The average Bonchev–Trinajstić information content (AvgIpc) is 4.09. The van der Waals surface area contributed by atoms with E-state index in [1.807, 2.05) is 27.7 Å². The predicted molar refractivity (Wildman–Crippen MR) is 281 cm³/mol. The second kappa shape index (κ2) is 37.9. The Balaban J connectivity index is 0.000000373. The highest BCUT2D eigenvalue weighted by molar-refractivity contribution is 8.14. The van der Waals surface area contributed by atoms with Crippen molar-refractivity contribution in [1.29, 1.82) is 0 Å². The molecule has 394 valence electrons. The van der Waals surface area contributed by atoms with Crippen molar-refractivity contribution < 1.29 is 55.5 Å². The van der Waals surface area contributed by atoms with Crippen LogP contribution >= 0.6 is 35.3 Å². The summed E-state index contributed by atoms with van der Waals surface area (Å²) in [6, 6.07) is 0. The van der Waals surface area contributed by atoms with Gasteiger partial charge < -0.3 is 23.7 Å².